The van der Waals surface area contributed by atoms with Crippen molar-refractivity contribution in [2.24, 2.45) is 0 Å². The summed E-state index contributed by atoms with van der Waals surface area (Å²) in [5.74, 6) is 1.46. The van der Waals surface area contributed by atoms with Crippen molar-refractivity contribution >= 4 is 60.2 Å². The van der Waals surface area contributed by atoms with Gasteiger partial charge in [-0.25, -0.2) is 0 Å². The zero-order valence-corrected chi connectivity index (χ0v) is 19.8. The van der Waals surface area contributed by atoms with Gasteiger partial charge in [-0.05, 0) is 60.7 Å². The Hall–Kier alpha value is -3.79. The van der Waals surface area contributed by atoms with Gasteiger partial charge in [0.2, 0.25) is 0 Å². The largest absolute Gasteiger partial charge is 0.455 e. The Balaban J connectivity index is 1.60. The van der Waals surface area contributed by atoms with E-state index in [9.17, 15) is 0 Å². The molecule has 2 nitrogen and oxygen atoms in total. The Morgan fingerprint density at radius 2 is 1.32 bits per heavy atom. The topological polar surface area (TPSA) is 12.5 Å². The van der Waals surface area contributed by atoms with E-state index in [0.29, 0.717) is 10.8 Å². The first-order valence-electron chi connectivity index (χ1n) is 11.1. The summed E-state index contributed by atoms with van der Waals surface area (Å²) in [6, 6.07) is 41.2. The number of rotatable bonds is 5. The van der Waals surface area contributed by atoms with Crippen LogP contribution in [0.25, 0.3) is 20.2 Å². The van der Waals surface area contributed by atoms with Gasteiger partial charge in [0.15, 0.2) is 5.75 Å². The molecule has 0 aliphatic heterocycles. The van der Waals surface area contributed by atoms with Crippen molar-refractivity contribution in [1.82, 2.24) is 0 Å². The molecule has 0 unspecified atom stereocenters. The maximum Gasteiger partial charge on any atom is 0.151 e. The number of halogens is 1. The molecule has 6 aromatic rings. The van der Waals surface area contributed by atoms with Crippen LogP contribution in [0.15, 0.2) is 121 Å². The number of nitrogens with zero attached hydrogens (tertiary/aromatic N) is 1. The molecule has 0 radical (unpaired) electrons. The van der Waals surface area contributed by atoms with Gasteiger partial charge in [0.1, 0.15) is 5.75 Å². The fraction of sp³-hybridized carbons (Fsp3) is 0. The predicted molar refractivity (Wildman–Crippen MR) is 146 cm³/mol. The monoisotopic (exact) mass is 477 g/mol. The van der Waals surface area contributed by atoms with Gasteiger partial charge in [0.05, 0.1) is 11.4 Å². The van der Waals surface area contributed by atoms with E-state index in [0.717, 1.165) is 22.8 Å². The third-order valence-corrected chi connectivity index (χ3v) is 7.14. The third kappa shape index (κ3) is 3.79. The maximum atomic E-state index is 6.37. The van der Waals surface area contributed by atoms with Crippen LogP contribution in [0.5, 0.6) is 11.5 Å². The van der Waals surface area contributed by atoms with E-state index in [2.05, 4.69) is 77.7 Å². The molecule has 4 heteroatoms. The number of para-hydroxylation sites is 3. The molecular weight excluding hydrogens is 458 g/mol. The van der Waals surface area contributed by atoms with Crippen LogP contribution in [-0.4, -0.2) is 0 Å². The molecule has 6 rings (SSSR count). The molecule has 0 N–H and O–H groups in total. The van der Waals surface area contributed by atoms with Crippen LogP contribution in [0, 0.1) is 0 Å². The number of fused-ring (bicyclic) bond motifs is 3. The summed E-state index contributed by atoms with van der Waals surface area (Å²) in [7, 11) is 0. The van der Waals surface area contributed by atoms with Crippen molar-refractivity contribution in [2.75, 3.05) is 4.90 Å². The summed E-state index contributed by atoms with van der Waals surface area (Å²) < 4.78 is 8.91. The molecule has 0 amide bonds. The lowest BCUT2D eigenvalue weighted by molar-refractivity contribution is 0.484. The molecule has 0 fully saturated rings. The molecule has 1 aromatic heterocycles. The van der Waals surface area contributed by atoms with E-state index in [1.165, 1.54) is 20.2 Å². The minimum atomic E-state index is 0.643. The van der Waals surface area contributed by atoms with Gasteiger partial charge >= 0.3 is 0 Å². The van der Waals surface area contributed by atoms with Crippen molar-refractivity contribution in [3.8, 4) is 11.5 Å². The summed E-state index contributed by atoms with van der Waals surface area (Å²) in [4.78, 5) is 2.28. The van der Waals surface area contributed by atoms with Crippen LogP contribution >= 0.6 is 22.9 Å². The first-order valence-corrected chi connectivity index (χ1v) is 12.3. The van der Waals surface area contributed by atoms with E-state index in [1.807, 2.05) is 59.9 Å². The van der Waals surface area contributed by atoms with Gasteiger partial charge < -0.3 is 9.64 Å². The Labute approximate surface area is 207 Å². The molecule has 0 saturated heterocycles. The summed E-state index contributed by atoms with van der Waals surface area (Å²) >= 11 is 8.04. The number of hydrogen-bond donors (Lipinski definition) is 0. The first kappa shape index (κ1) is 20.8. The zero-order chi connectivity index (χ0) is 22.9. The highest BCUT2D eigenvalue weighted by Crippen LogP contribution is 2.47. The lowest BCUT2D eigenvalue weighted by Gasteiger charge is -2.28. The lowest BCUT2D eigenvalue weighted by Crippen LogP contribution is -2.11. The van der Waals surface area contributed by atoms with Crippen LogP contribution in [-0.2, 0) is 0 Å². The molecule has 0 atom stereocenters. The minimum absolute atomic E-state index is 0.643. The average molecular weight is 478 g/mol. The Kier molecular flexibility index (Phi) is 5.42. The molecule has 1 heterocycles. The van der Waals surface area contributed by atoms with Crippen molar-refractivity contribution in [2.45, 2.75) is 0 Å². The molecule has 0 aliphatic rings. The van der Waals surface area contributed by atoms with Crippen LogP contribution in [0.1, 0.15) is 0 Å². The standard InChI is InChI=1S/C30H20ClNOS/c31-21-10-8-13-23(20-21)33-27-17-6-5-15-25(27)32(22-11-2-1-3-12-22)26-16-9-19-29-30(26)24-14-4-7-18-28(24)34-29/h1-20H. The molecular formula is C30H20ClNOS. The molecule has 164 valence electrons. The predicted octanol–water partition coefficient (Wildman–Crippen LogP) is 9.97. The quantitative estimate of drug-likeness (QED) is 0.245. The normalized spacial score (nSPS) is 11.1. The fourth-order valence-electron chi connectivity index (χ4n) is 4.31. The number of ether oxygens (including phenoxy) is 1. The number of anilines is 3. The van der Waals surface area contributed by atoms with E-state index < -0.39 is 0 Å². The van der Waals surface area contributed by atoms with E-state index in [-0.39, 0.29) is 0 Å². The summed E-state index contributed by atoms with van der Waals surface area (Å²) in [6.45, 7) is 0. The Bertz CT molecular complexity index is 1610. The highest BCUT2D eigenvalue weighted by atomic mass is 35.5. The summed E-state index contributed by atoms with van der Waals surface area (Å²) in [5.41, 5.74) is 3.13. The minimum Gasteiger partial charge on any atom is -0.455 e. The summed E-state index contributed by atoms with van der Waals surface area (Å²) in [5, 5.41) is 3.14. The molecule has 5 aromatic carbocycles. The number of hydrogen-bond acceptors (Lipinski definition) is 3. The second-order valence-corrected chi connectivity index (χ2v) is 9.47. The van der Waals surface area contributed by atoms with E-state index >= 15 is 0 Å². The Morgan fingerprint density at radius 1 is 0.618 bits per heavy atom. The highest BCUT2D eigenvalue weighted by Gasteiger charge is 2.21. The number of benzene rings is 5. The van der Waals surface area contributed by atoms with E-state index in [1.54, 1.807) is 0 Å². The highest BCUT2D eigenvalue weighted by molar-refractivity contribution is 7.26. The smallest absolute Gasteiger partial charge is 0.151 e. The fourth-order valence-corrected chi connectivity index (χ4v) is 5.62. The number of thiophene rings is 1. The van der Waals surface area contributed by atoms with Gasteiger partial charge in [0, 0.05) is 30.9 Å². The molecule has 0 aliphatic carbocycles. The van der Waals surface area contributed by atoms with Crippen molar-refractivity contribution in [3.05, 3.63) is 126 Å². The first-order chi connectivity index (χ1) is 16.8. The maximum absolute atomic E-state index is 6.37. The average Bonchev–Trinajstić information content (AvgIpc) is 3.25. The van der Waals surface area contributed by atoms with Gasteiger partial charge in [-0.3, -0.25) is 0 Å². The molecule has 0 bridgehead atoms. The Morgan fingerprint density at radius 3 is 2.21 bits per heavy atom. The molecule has 34 heavy (non-hydrogen) atoms. The van der Waals surface area contributed by atoms with Crippen molar-refractivity contribution in [3.63, 3.8) is 0 Å². The van der Waals surface area contributed by atoms with Crippen molar-refractivity contribution in [1.29, 1.82) is 0 Å². The summed E-state index contributed by atoms with van der Waals surface area (Å²) in [6.07, 6.45) is 0. The zero-order valence-electron chi connectivity index (χ0n) is 18.2. The van der Waals surface area contributed by atoms with Crippen LogP contribution in [0.3, 0.4) is 0 Å². The second kappa shape index (κ2) is 8.86. The van der Waals surface area contributed by atoms with Gasteiger partial charge in [0.25, 0.3) is 0 Å². The van der Waals surface area contributed by atoms with E-state index in [4.69, 9.17) is 16.3 Å². The van der Waals surface area contributed by atoms with Crippen molar-refractivity contribution < 1.29 is 4.74 Å². The molecule has 0 spiro atoms. The molecule has 0 saturated carbocycles. The van der Waals surface area contributed by atoms with Crippen LogP contribution in [0.2, 0.25) is 5.02 Å². The van der Waals surface area contributed by atoms with Crippen LogP contribution < -0.4 is 9.64 Å². The SMILES string of the molecule is Clc1cccc(Oc2ccccc2N(c2ccccc2)c2cccc3sc4ccccc4c23)c1. The lowest BCUT2D eigenvalue weighted by atomic mass is 10.1. The van der Waals surface area contributed by atoms with Gasteiger partial charge in [-0.2, -0.15) is 0 Å². The van der Waals surface area contributed by atoms with Crippen LogP contribution in [0.4, 0.5) is 17.1 Å². The second-order valence-electron chi connectivity index (χ2n) is 7.95. The van der Waals surface area contributed by atoms with Gasteiger partial charge in [-0.15, -0.1) is 11.3 Å². The van der Waals surface area contributed by atoms with Gasteiger partial charge in [-0.1, -0.05) is 72.3 Å². The third-order valence-electron chi connectivity index (χ3n) is 5.77.